The maximum atomic E-state index is 10.8. The van der Waals surface area contributed by atoms with Crippen LogP contribution in [0, 0.1) is 0 Å². The number of alkyl halides is 1. The summed E-state index contributed by atoms with van der Waals surface area (Å²) in [5, 5.41) is 12.8. The molecule has 0 aliphatic heterocycles. The van der Waals surface area contributed by atoms with Gasteiger partial charge in [0.1, 0.15) is 5.88 Å². The van der Waals surface area contributed by atoms with E-state index >= 15 is 0 Å². The Morgan fingerprint density at radius 3 is 2.54 bits per heavy atom. The number of carbonyl (C=O) groups is 2. The summed E-state index contributed by atoms with van der Waals surface area (Å²) in [7, 11) is 0. The number of carboxylic acids is 1. The van der Waals surface area contributed by atoms with Gasteiger partial charge < -0.3 is 15.2 Å². The SMILES string of the molecule is CCCC[C@@H](NC(=O)CCl)C(=O)[O-]. The lowest BCUT2D eigenvalue weighted by molar-refractivity contribution is -0.308. The van der Waals surface area contributed by atoms with Crippen molar-refractivity contribution in [1.29, 1.82) is 0 Å². The molecule has 0 saturated carbocycles. The number of carbonyl (C=O) groups excluding carboxylic acids is 2. The van der Waals surface area contributed by atoms with Crippen LogP contribution in [0.3, 0.4) is 0 Å². The fourth-order valence-corrected chi connectivity index (χ4v) is 0.967. The van der Waals surface area contributed by atoms with E-state index in [1.54, 1.807) is 0 Å². The molecule has 0 unspecified atom stereocenters. The highest BCUT2D eigenvalue weighted by Crippen LogP contribution is 1.99. The minimum atomic E-state index is -1.26. The largest absolute Gasteiger partial charge is 0.548 e. The third-order valence-electron chi connectivity index (χ3n) is 1.59. The molecule has 13 heavy (non-hydrogen) atoms. The van der Waals surface area contributed by atoms with Crippen LogP contribution in [-0.2, 0) is 9.59 Å². The first-order valence-electron chi connectivity index (χ1n) is 4.18. The van der Waals surface area contributed by atoms with Gasteiger partial charge in [-0.05, 0) is 6.42 Å². The summed E-state index contributed by atoms with van der Waals surface area (Å²) in [5.41, 5.74) is 0. The van der Waals surface area contributed by atoms with E-state index in [-0.39, 0.29) is 5.88 Å². The summed E-state index contributed by atoms with van der Waals surface area (Å²) in [6, 6.07) is -0.911. The number of halogens is 1. The van der Waals surface area contributed by atoms with Crippen molar-refractivity contribution in [3.8, 4) is 0 Å². The van der Waals surface area contributed by atoms with Gasteiger partial charge in [-0.1, -0.05) is 19.8 Å². The molecule has 0 heterocycles. The summed E-state index contributed by atoms with van der Waals surface area (Å²) in [6.45, 7) is 1.94. The van der Waals surface area contributed by atoms with Crippen LogP contribution in [0.25, 0.3) is 0 Å². The van der Waals surface area contributed by atoms with Gasteiger partial charge in [0.15, 0.2) is 0 Å². The van der Waals surface area contributed by atoms with E-state index in [1.165, 1.54) is 0 Å². The fraction of sp³-hybridized carbons (Fsp3) is 0.750. The summed E-state index contributed by atoms with van der Waals surface area (Å²) in [4.78, 5) is 21.2. The average molecular weight is 207 g/mol. The molecule has 0 bridgehead atoms. The topological polar surface area (TPSA) is 69.2 Å². The monoisotopic (exact) mass is 206 g/mol. The molecular formula is C8H13ClNO3-. The Balaban J connectivity index is 3.94. The van der Waals surface area contributed by atoms with Crippen molar-refractivity contribution in [2.75, 3.05) is 5.88 Å². The normalized spacial score (nSPS) is 12.2. The molecule has 0 saturated heterocycles. The van der Waals surface area contributed by atoms with Crippen LogP contribution in [-0.4, -0.2) is 23.8 Å². The van der Waals surface area contributed by atoms with Crippen molar-refractivity contribution in [3.63, 3.8) is 0 Å². The fourth-order valence-electron chi connectivity index (χ4n) is 0.890. The Bertz CT molecular complexity index is 184. The van der Waals surface area contributed by atoms with Gasteiger partial charge in [-0.25, -0.2) is 0 Å². The lowest BCUT2D eigenvalue weighted by Gasteiger charge is -2.18. The van der Waals surface area contributed by atoms with E-state index < -0.39 is 17.9 Å². The minimum absolute atomic E-state index is 0.226. The van der Waals surface area contributed by atoms with Crippen LogP contribution in [0.4, 0.5) is 0 Å². The third kappa shape index (κ3) is 5.47. The quantitative estimate of drug-likeness (QED) is 0.604. The Morgan fingerprint density at radius 2 is 2.15 bits per heavy atom. The Kier molecular flexibility index (Phi) is 6.32. The molecule has 0 fully saturated rings. The second kappa shape index (κ2) is 6.71. The second-order valence-corrected chi connectivity index (χ2v) is 2.98. The lowest BCUT2D eigenvalue weighted by Crippen LogP contribution is -2.48. The van der Waals surface area contributed by atoms with Gasteiger partial charge in [-0.2, -0.15) is 0 Å². The van der Waals surface area contributed by atoms with Crippen LogP contribution in [0.2, 0.25) is 0 Å². The van der Waals surface area contributed by atoms with E-state index in [9.17, 15) is 14.7 Å². The molecule has 0 aliphatic rings. The zero-order valence-electron chi connectivity index (χ0n) is 7.51. The number of unbranched alkanes of at least 4 members (excludes halogenated alkanes) is 1. The number of amides is 1. The Hall–Kier alpha value is -0.770. The summed E-state index contributed by atoms with van der Waals surface area (Å²) in [6.07, 6.45) is 2.00. The van der Waals surface area contributed by atoms with Crippen molar-refractivity contribution in [3.05, 3.63) is 0 Å². The van der Waals surface area contributed by atoms with Gasteiger partial charge in [0.05, 0.1) is 12.0 Å². The van der Waals surface area contributed by atoms with E-state index in [1.807, 2.05) is 6.92 Å². The van der Waals surface area contributed by atoms with Gasteiger partial charge in [0.25, 0.3) is 0 Å². The van der Waals surface area contributed by atoms with E-state index in [0.29, 0.717) is 6.42 Å². The molecule has 0 aromatic rings. The number of hydrogen-bond donors (Lipinski definition) is 1. The van der Waals surface area contributed by atoms with Crippen LogP contribution in [0.1, 0.15) is 26.2 Å². The molecule has 0 aromatic carbocycles. The molecule has 1 atom stereocenters. The molecule has 0 aliphatic carbocycles. The lowest BCUT2D eigenvalue weighted by atomic mass is 10.1. The molecule has 76 valence electrons. The molecule has 0 radical (unpaired) electrons. The first kappa shape index (κ1) is 12.2. The maximum absolute atomic E-state index is 10.8. The smallest absolute Gasteiger partial charge is 0.235 e. The van der Waals surface area contributed by atoms with Gasteiger partial charge in [0.2, 0.25) is 5.91 Å². The highest BCUT2D eigenvalue weighted by atomic mass is 35.5. The zero-order valence-corrected chi connectivity index (χ0v) is 8.26. The van der Waals surface area contributed by atoms with Crippen LogP contribution >= 0.6 is 11.6 Å². The van der Waals surface area contributed by atoms with Gasteiger partial charge in [-0.15, -0.1) is 11.6 Å². The Labute approximate surface area is 82.3 Å². The first-order chi connectivity index (χ1) is 6.11. The average Bonchev–Trinajstić information content (AvgIpc) is 2.11. The number of aliphatic carboxylic acids is 1. The first-order valence-corrected chi connectivity index (χ1v) is 4.71. The highest BCUT2D eigenvalue weighted by molar-refractivity contribution is 6.27. The molecule has 5 heteroatoms. The van der Waals surface area contributed by atoms with Crippen molar-refractivity contribution in [2.24, 2.45) is 0 Å². The third-order valence-corrected chi connectivity index (χ3v) is 1.83. The maximum Gasteiger partial charge on any atom is 0.235 e. The van der Waals surface area contributed by atoms with Crippen LogP contribution < -0.4 is 10.4 Å². The molecule has 1 amide bonds. The van der Waals surface area contributed by atoms with Crippen molar-refractivity contribution in [2.45, 2.75) is 32.2 Å². The molecule has 1 N–H and O–H groups in total. The number of rotatable bonds is 6. The predicted octanol–water partition coefficient (Wildman–Crippen LogP) is -0.350. The molecule has 0 spiro atoms. The second-order valence-electron chi connectivity index (χ2n) is 2.71. The summed E-state index contributed by atoms with van der Waals surface area (Å²) in [5.74, 6) is -1.96. The molecule has 4 nitrogen and oxygen atoms in total. The Morgan fingerprint density at radius 1 is 1.54 bits per heavy atom. The van der Waals surface area contributed by atoms with E-state index in [2.05, 4.69) is 5.32 Å². The predicted molar refractivity (Wildman–Crippen MR) is 47.2 cm³/mol. The van der Waals surface area contributed by atoms with E-state index in [4.69, 9.17) is 11.6 Å². The van der Waals surface area contributed by atoms with E-state index in [0.717, 1.165) is 12.8 Å². The molecule has 0 rings (SSSR count). The van der Waals surface area contributed by atoms with Crippen molar-refractivity contribution < 1.29 is 14.7 Å². The number of nitrogens with one attached hydrogen (secondary N) is 1. The standard InChI is InChI=1S/C8H14ClNO3/c1-2-3-4-6(8(12)13)10-7(11)5-9/h6H,2-5H2,1H3,(H,10,11)(H,12,13)/p-1/t6-/m1/s1. The highest BCUT2D eigenvalue weighted by Gasteiger charge is 2.11. The minimum Gasteiger partial charge on any atom is -0.548 e. The van der Waals surface area contributed by atoms with Crippen LogP contribution in [0.15, 0.2) is 0 Å². The summed E-state index contributed by atoms with van der Waals surface area (Å²) >= 11 is 5.21. The van der Waals surface area contributed by atoms with Crippen molar-refractivity contribution >= 4 is 23.5 Å². The molecular weight excluding hydrogens is 194 g/mol. The molecule has 0 aromatic heterocycles. The number of hydrogen-bond acceptors (Lipinski definition) is 3. The zero-order chi connectivity index (χ0) is 10.3. The van der Waals surface area contributed by atoms with Crippen molar-refractivity contribution in [1.82, 2.24) is 5.32 Å². The van der Waals surface area contributed by atoms with Gasteiger partial charge in [0, 0.05) is 0 Å². The number of carboxylic acid groups (broad SMARTS) is 1. The van der Waals surface area contributed by atoms with Gasteiger partial charge in [-0.3, -0.25) is 4.79 Å². The van der Waals surface area contributed by atoms with Gasteiger partial charge >= 0.3 is 0 Å². The summed E-state index contributed by atoms with van der Waals surface area (Å²) < 4.78 is 0. The van der Waals surface area contributed by atoms with Crippen LogP contribution in [0.5, 0.6) is 0 Å².